The summed E-state index contributed by atoms with van der Waals surface area (Å²) in [6.07, 6.45) is 0. The molecule has 0 saturated heterocycles. The van der Waals surface area contributed by atoms with Crippen LogP contribution in [0.5, 0.6) is 5.75 Å². The number of ether oxygens (including phenoxy) is 1. The molecule has 0 aliphatic heterocycles. The average Bonchev–Trinajstić information content (AvgIpc) is 2.41. The van der Waals surface area contributed by atoms with Crippen molar-refractivity contribution in [1.82, 2.24) is 0 Å². The van der Waals surface area contributed by atoms with Gasteiger partial charge in [0, 0.05) is 26.3 Å². The van der Waals surface area contributed by atoms with Gasteiger partial charge in [-0.2, -0.15) is 0 Å². The van der Waals surface area contributed by atoms with Crippen molar-refractivity contribution < 1.29 is 13.9 Å². The zero-order chi connectivity index (χ0) is 15.4. The second-order valence-corrected chi connectivity index (χ2v) is 6.02. The minimum absolute atomic E-state index is 0.167. The standard InChI is InChI=1S/C15H12Br2FNO2/c1-2-21-14-4-3-12(8-13(14)18)19-15(20)9-5-10(16)7-11(17)6-9/h3-8H,2H2,1H3,(H,19,20). The third-order valence-electron chi connectivity index (χ3n) is 2.61. The van der Waals surface area contributed by atoms with E-state index in [1.165, 1.54) is 12.1 Å². The van der Waals surface area contributed by atoms with E-state index < -0.39 is 5.82 Å². The molecule has 0 radical (unpaired) electrons. The molecule has 2 aromatic carbocycles. The second-order valence-electron chi connectivity index (χ2n) is 4.19. The predicted molar refractivity (Wildman–Crippen MR) is 87.4 cm³/mol. The van der Waals surface area contributed by atoms with E-state index in [4.69, 9.17) is 4.74 Å². The minimum Gasteiger partial charge on any atom is -0.491 e. The Balaban J connectivity index is 2.17. The fraction of sp³-hybridized carbons (Fsp3) is 0.133. The first kappa shape index (κ1) is 16.0. The van der Waals surface area contributed by atoms with Gasteiger partial charge in [0.1, 0.15) is 0 Å². The maximum atomic E-state index is 13.7. The Kier molecular flexibility index (Phi) is 5.36. The van der Waals surface area contributed by atoms with Gasteiger partial charge in [0.25, 0.3) is 5.91 Å². The molecule has 1 amide bonds. The number of anilines is 1. The van der Waals surface area contributed by atoms with E-state index in [-0.39, 0.29) is 11.7 Å². The summed E-state index contributed by atoms with van der Waals surface area (Å²) in [5.41, 5.74) is 0.836. The third-order valence-corrected chi connectivity index (χ3v) is 3.53. The fourth-order valence-electron chi connectivity index (χ4n) is 1.74. The van der Waals surface area contributed by atoms with Crippen molar-refractivity contribution in [2.24, 2.45) is 0 Å². The number of carbonyl (C=O) groups is 1. The zero-order valence-electron chi connectivity index (χ0n) is 11.1. The molecule has 1 N–H and O–H groups in total. The summed E-state index contributed by atoms with van der Waals surface area (Å²) >= 11 is 6.64. The quantitative estimate of drug-likeness (QED) is 0.761. The number of halogens is 3. The molecule has 21 heavy (non-hydrogen) atoms. The Labute approximate surface area is 138 Å². The molecule has 110 valence electrons. The molecule has 0 unspecified atom stereocenters. The van der Waals surface area contributed by atoms with Gasteiger partial charge < -0.3 is 10.1 Å². The topological polar surface area (TPSA) is 38.3 Å². The highest BCUT2D eigenvalue weighted by molar-refractivity contribution is 9.11. The first-order valence-corrected chi connectivity index (χ1v) is 7.78. The number of benzene rings is 2. The van der Waals surface area contributed by atoms with Gasteiger partial charge in [0.05, 0.1) is 6.61 Å². The third kappa shape index (κ3) is 4.28. The highest BCUT2D eigenvalue weighted by Gasteiger charge is 2.10. The minimum atomic E-state index is -0.509. The first-order valence-electron chi connectivity index (χ1n) is 6.19. The molecular weight excluding hydrogens is 405 g/mol. The van der Waals surface area contributed by atoms with Crippen LogP contribution in [0.3, 0.4) is 0 Å². The van der Waals surface area contributed by atoms with Crippen LogP contribution in [-0.2, 0) is 0 Å². The lowest BCUT2D eigenvalue weighted by Crippen LogP contribution is -2.12. The van der Waals surface area contributed by atoms with Crippen molar-refractivity contribution in [3.8, 4) is 5.75 Å². The number of carbonyl (C=O) groups excluding carboxylic acids is 1. The highest BCUT2D eigenvalue weighted by Crippen LogP contribution is 2.23. The van der Waals surface area contributed by atoms with E-state index >= 15 is 0 Å². The molecule has 0 fully saturated rings. The van der Waals surface area contributed by atoms with Gasteiger partial charge >= 0.3 is 0 Å². The molecule has 0 bridgehead atoms. The Hall–Kier alpha value is -1.40. The number of nitrogens with one attached hydrogen (secondary N) is 1. The number of rotatable bonds is 4. The molecule has 0 atom stereocenters. The van der Waals surface area contributed by atoms with Crippen molar-refractivity contribution in [3.63, 3.8) is 0 Å². The van der Waals surface area contributed by atoms with Gasteiger partial charge in [0.2, 0.25) is 0 Å². The maximum Gasteiger partial charge on any atom is 0.255 e. The lowest BCUT2D eigenvalue weighted by atomic mass is 10.2. The zero-order valence-corrected chi connectivity index (χ0v) is 14.3. The van der Waals surface area contributed by atoms with Crippen LogP contribution in [-0.4, -0.2) is 12.5 Å². The first-order chi connectivity index (χ1) is 9.99. The van der Waals surface area contributed by atoms with Gasteiger partial charge in [-0.25, -0.2) is 4.39 Å². The molecule has 0 aromatic heterocycles. The Morgan fingerprint density at radius 3 is 2.43 bits per heavy atom. The maximum absolute atomic E-state index is 13.7. The lowest BCUT2D eigenvalue weighted by Gasteiger charge is -2.09. The summed E-state index contributed by atoms with van der Waals surface area (Å²) in [6.45, 7) is 2.16. The molecule has 0 saturated carbocycles. The van der Waals surface area contributed by atoms with Gasteiger partial charge in [-0.05, 0) is 37.3 Å². The highest BCUT2D eigenvalue weighted by atomic mass is 79.9. The van der Waals surface area contributed by atoms with Crippen LogP contribution in [0.2, 0.25) is 0 Å². The van der Waals surface area contributed by atoms with E-state index in [1.807, 2.05) is 6.07 Å². The Morgan fingerprint density at radius 1 is 1.19 bits per heavy atom. The van der Waals surface area contributed by atoms with Crippen LogP contribution in [0.4, 0.5) is 10.1 Å². The van der Waals surface area contributed by atoms with E-state index in [1.54, 1.807) is 25.1 Å². The van der Waals surface area contributed by atoms with Crippen molar-refractivity contribution in [1.29, 1.82) is 0 Å². The largest absolute Gasteiger partial charge is 0.491 e. The second kappa shape index (κ2) is 7.04. The molecular formula is C15H12Br2FNO2. The Morgan fingerprint density at radius 2 is 1.86 bits per heavy atom. The van der Waals surface area contributed by atoms with E-state index in [0.717, 1.165) is 8.95 Å². The van der Waals surface area contributed by atoms with Crippen molar-refractivity contribution in [3.05, 3.63) is 56.7 Å². The Bertz CT molecular complexity index is 656. The monoisotopic (exact) mass is 415 g/mol. The summed E-state index contributed by atoms with van der Waals surface area (Å²) in [7, 11) is 0. The van der Waals surface area contributed by atoms with Gasteiger partial charge in [-0.15, -0.1) is 0 Å². The van der Waals surface area contributed by atoms with Gasteiger partial charge in [0.15, 0.2) is 11.6 Å². The molecule has 0 spiro atoms. The van der Waals surface area contributed by atoms with Crippen molar-refractivity contribution >= 4 is 43.5 Å². The van der Waals surface area contributed by atoms with Crippen LogP contribution in [0, 0.1) is 5.82 Å². The fourth-order valence-corrected chi connectivity index (χ4v) is 3.03. The molecule has 0 aliphatic carbocycles. The van der Waals surface area contributed by atoms with E-state index in [2.05, 4.69) is 37.2 Å². The summed E-state index contributed by atoms with van der Waals surface area (Å²) < 4.78 is 20.4. The normalized spacial score (nSPS) is 10.3. The number of hydrogen-bond donors (Lipinski definition) is 1. The predicted octanol–water partition coefficient (Wildman–Crippen LogP) is 5.00. The number of amides is 1. The molecule has 0 aliphatic rings. The van der Waals surface area contributed by atoms with Crippen molar-refractivity contribution in [2.45, 2.75) is 6.92 Å². The molecule has 2 rings (SSSR count). The SMILES string of the molecule is CCOc1ccc(NC(=O)c2cc(Br)cc(Br)c2)cc1F. The van der Waals surface area contributed by atoms with Crippen LogP contribution in [0.15, 0.2) is 45.3 Å². The summed E-state index contributed by atoms with van der Waals surface area (Å²) in [4.78, 5) is 12.1. The molecule has 3 nitrogen and oxygen atoms in total. The molecule has 2 aromatic rings. The van der Waals surface area contributed by atoms with Crippen LogP contribution in [0.1, 0.15) is 17.3 Å². The smallest absolute Gasteiger partial charge is 0.255 e. The van der Waals surface area contributed by atoms with Gasteiger partial charge in [-0.1, -0.05) is 31.9 Å². The number of hydrogen-bond acceptors (Lipinski definition) is 2. The van der Waals surface area contributed by atoms with Crippen molar-refractivity contribution in [2.75, 3.05) is 11.9 Å². The molecule has 6 heteroatoms. The summed E-state index contributed by atoms with van der Waals surface area (Å²) in [6, 6.07) is 9.52. The van der Waals surface area contributed by atoms with Crippen LogP contribution in [0.25, 0.3) is 0 Å². The van der Waals surface area contributed by atoms with Gasteiger partial charge in [-0.3, -0.25) is 4.79 Å². The summed E-state index contributed by atoms with van der Waals surface area (Å²) in [5, 5.41) is 2.65. The summed E-state index contributed by atoms with van der Waals surface area (Å²) in [5.74, 6) is -0.661. The van der Waals surface area contributed by atoms with E-state index in [0.29, 0.717) is 17.9 Å². The lowest BCUT2D eigenvalue weighted by molar-refractivity contribution is 0.102. The van der Waals surface area contributed by atoms with Crippen LogP contribution >= 0.6 is 31.9 Å². The van der Waals surface area contributed by atoms with Crippen LogP contribution < -0.4 is 10.1 Å². The average molecular weight is 417 g/mol. The van der Waals surface area contributed by atoms with E-state index in [9.17, 15) is 9.18 Å². The molecule has 0 heterocycles.